The molecule has 38 heavy (non-hydrogen) atoms. The van der Waals surface area contributed by atoms with Crippen LogP contribution < -0.4 is 14.8 Å². The van der Waals surface area contributed by atoms with Crippen molar-refractivity contribution in [2.75, 3.05) is 20.3 Å². The summed E-state index contributed by atoms with van der Waals surface area (Å²) in [5, 5.41) is 14.6. The number of methoxy groups -OCH3 is 1. The van der Waals surface area contributed by atoms with Crippen LogP contribution in [0.1, 0.15) is 24.5 Å². The van der Waals surface area contributed by atoms with Gasteiger partial charge in [0.2, 0.25) is 11.7 Å². The van der Waals surface area contributed by atoms with Crippen LogP contribution in [0.5, 0.6) is 11.5 Å². The maximum atomic E-state index is 13.6. The van der Waals surface area contributed by atoms with E-state index >= 15 is 0 Å². The van der Waals surface area contributed by atoms with Gasteiger partial charge in [-0.1, -0.05) is 61.0 Å². The first-order valence-electron chi connectivity index (χ1n) is 12.1. The summed E-state index contributed by atoms with van der Waals surface area (Å²) >= 11 is 6.19. The van der Waals surface area contributed by atoms with Crippen molar-refractivity contribution in [2.24, 2.45) is 0 Å². The number of benzene rings is 3. The molecule has 0 aliphatic heterocycles. The van der Waals surface area contributed by atoms with Gasteiger partial charge in [0.15, 0.2) is 6.61 Å². The molecule has 0 unspecified atom stereocenters. The van der Waals surface area contributed by atoms with E-state index in [0.717, 1.165) is 17.5 Å². The third kappa shape index (κ3) is 7.94. The molecule has 0 aromatic heterocycles. The van der Waals surface area contributed by atoms with Crippen molar-refractivity contribution in [3.63, 3.8) is 0 Å². The van der Waals surface area contributed by atoms with Crippen LogP contribution in [0.25, 0.3) is 0 Å². The molecule has 0 aliphatic rings. The van der Waals surface area contributed by atoms with Crippen LogP contribution >= 0.6 is 11.6 Å². The number of rotatable bonds is 13. The van der Waals surface area contributed by atoms with E-state index in [0.29, 0.717) is 18.0 Å². The van der Waals surface area contributed by atoms with E-state index in [2.05, 4.69) is 5.32 Å². The molecular weight excluding hydrogens is 510 g/mol. The lowest BCUT2D eigenvalue weighted by molar-refractivity contribution is -0.385. The number of nitrogens with one attached hydrogen (secondary N) is 1. The minimum Gasteiger partial charge on any atom is -0.490 e. The third-order valence-electron chi connectivity index (χ3n) is 5.77. The Hall–Kier alpha value is -4.11. The Bertz CT molecular complexity index is 1250. The first-order valence-corrected chi connectivity index (χ1v) is 12.5. The number of nitro benzene ring substituents is 1. The molecule has 0 spiro atoms. The smallest absolute Gasteiger partial charge is 0.311 e. The number of carbonyl (C=O) groups excluding carboxylic acids is 2. The zero-order valence-electron chi connectivity index (χ0n) is 21.3. The van der Waals surface area contributed by atoms with E-state index in [-0.39, 0.29) is 29.6 Å². The average molecular weight is 540 g/mol. The maximum Gasteiger partial charge on any atom is 0.311 e. The summed E-state index contributed by atoms with van der Waals surface area (Å²) < 4.78 is 10.8. The lowest BCUT2D eigenvalue weighted by Crippen LogP contribution is -2.51. The highest BCUT2D eigenvalue weighted by atomic mass is 35.5. The predicted octanol–water partition coefficient (Wildman–Crippen LogP) is 4.80. The number of carbonyl (C=O) groups is 2. The minimum absolute atomic E-state index is 0.0108. The lowest BCUT2D eigenvalue weighted by atomic mass is 10.0. The number of halogens is 1. The molecule has 1 N–H and O–H groups in total. The summed E-state index contributed by atoms with van der Waals surface area (Å²) in [7, 11) is 1.31. The summed E-state index contributed by atoms with van der Waals surface area (Å²) in [5.41, 5.74) is 1.43. The first-order chi connectivity index (χ1) is 18.3. The largest absolute Gasteiger partial charge is 0.490 e. The first kappa shape index (κ1) is 28.5. The van der Waals surface area contributed by atoms with E-state index in [1.54, 1.807) is 18.2 Å². The standard InChI is InChI=1S/C28H30ClN3O6/c1-3-14-30-28(34)25(16-20-8-5-4-6-9-20)31(18-21-10-7-11-22(29)15-21)27(33)19-38-23-12-13-24(32(35)36)26(17-23)37-2/h4-13,15,17,25H,3,14,16,18-19H2,1-2H3,(H,30,34)/t25-/m0/s1. The Morgan fingerprint density at radius 1 is 1.05 bits per heavy atom. The fourth-order valence-corrected chi connectivity index (χ4v) is 4.09. The SMILES string of the molecule is CCCNC(=O)[C@H](Cc1ccccc1)N(Cc1cccc(Cl)c1)C(=O)COc1ccc([N+](=O)[O-])c(OC)c1. The number of nitro groups is 1. The molecular formula is C28H30ClN3O6. The molecule has 0 saturated carbocycles. The second-order valence-electron chi connectivity index (χ2n) is 8.53. The Morgan fingerprint density at radius 3 is 2.45 bits per heavy atom. The number of ether oxygens (including phenoxy) is 2. The van der Waals surface area contributed by atoms with Gasteiger partial charge in [-0.2, -0.15) is 0 Å². The summed E-state index contributed by atoms with van der Waals surface area (Å²) in [5.74, 6) is -0.479. The highest BCUT2D eigenvalue weighted by Crippen LogP contribution is 2.31. The molecule has 0 saturated heterocycles. The van der Waals surface area contributed by atoms with Crippen molar-refractivity contribution in [1.29, 1.82) is 0 Å². The summed E-state index contributed by atoms with van der Waals surface area (Å²) in [4.78, 5) is 39.0. The molecule has 0 fully saturated rings. The zero-order chi connectivity index (χ0) is 27.5. The molecule has 10 heteroatoms. The average Bonchev–Trinajstić information content (AvgIpc) is 2.92. The van der Waals surface area contributed by atoms with Crippen molar-refractivity contribution in [3.8, 4) is 11.5 Å². The minimum atomic E-state index is -0.814. The maximum absolute atomic E-state index is 13.6. The van der Waals surface area contributed by atoms with E-state index in [1.165, 1.54) is 30.2 Å². The normalized spacial score (nSPS) is 11.3. The Kier molecular flexibility index (Phi) is 10.5. The fourth-order valence-electron chi connectivity index (χ4n) is 3.88. The Morgan fingerprint density at radius 2 is 1.79 bits per heavy atom. The van der Waals surface area contributed by atoms with E-state index < -0.39 is 23.5 Å². The van der Waals surface area contributed by atoms with Gasteiger partial charge in [-0.05, 0) is 35.7 Å². The molecule has 3 aromatic carbocycles. The van der Waals surface area contributed by atoms with Crippen molar-refractivity contribution < 1.29 is 24.0 Å². The molecule has 1 atom stereocenters. The topological polar surface area (TPSA) is 111 Å². The molecule has 200 valence electrons. The quantitative estimate of drug-likeness (QED) is 0.247. The molecule has 9 nitrogen and oxygen atoms in total. The van der Waals surface area contributed by atoms with Gasteiger partial charge in [0.25, 0.3) is 5.91 Å². The molecule has 0 aliphatic carbocycles. The van der Waals surface area contributed by atoms with Gasteiger partial charge < -0.3 is 19.7 Å². The lowest BCUT2D eigenvalue weighted by Gasteiger charge is -2.31. The van der Waals surface area contributed by atoms with Crippen molar-refractivity contribution >= 4 is 29.1 Å². The van der Waals surface area contributed by atoms with Gasteiger partial charge in [0.05, 0.1) is 12.0 Å². The highest BCUT2D eigenvalue weighted by Gasteiger charge is 2.30. The van der Waals surface area contributed by atoms with Crippen LogP contribution in [0.3, 0.4) is 0 Å². The second-order valence-corrected chi connectivity index (χ2v) is 8.96. The molecule has 0 bridgehead atoms. The van der Waals surface area contributed by atoms with Crippen molar-refractivity contribution in [3.05, 3.63) is 99.1 Å². The van der Waals surface area contributed by atoms with E-state index in [1.807, 2.05) is 43.3 Å². The number of hydrogen-bond donors (Lipinski definition) is 1. The van der Waals surface area contributed by atoms with Gasteiger partial charge >= 0.3 is 5.69 Å². The van der Waals surface area contributed by atoms with E-state index in [9.17, 15) is 19.7 Å². The fraction of sp³-hybridized carbons (Fsp3) is 0.286. The Labute approximate surface area is 226 Å². The van der Waals surface area contributed by atoms with Crippen LogP contribution in [0.2, 0.25) is 5.02 Å². The molecule has 3 rings (SSSR count). The van der Waals surface area contributed by atoms with Crippen LogP contribution in [-0.2, 0) is 22.6 Å². The summed E-state index contributed by atoms with van der Waals surface area (Å²) in [6.45, 7) is 2.16. The van der Waals surface area contributed by atoms with Gasteiger partial charge in [0, 0.05) is 36.7 Å². The molecule has 0 heterocycles. The predicted molar refractivity (Wildman–Crippen MR) is 144 cm³/mol. The van der Waals surface area contributed by atoms with Gasteiger partial charge in [0.1, 0.15) is 11.8 Å². The van der Waals surface area contributed by atoms with Crippen LogP contribution in [0.4, 0.5) is 5.69 Å². The molecule has 0 radical (unpaired) electrons. The van der Waals surface area contributed by atoms with Crippen molar-refractivity contribution in [1.82, 2.24) is 10.2 Å². The van der Waals surface area contributed by atoms with Crippen LogP contribution in [0, 0.1) is 10.1 Å². The van der Waals surface area contributed by atoms with Gasteiger partial charge in [-0.3, -0.25) is 19.7 Å². The van der Waals surface area contributed by atoms with Crippen LogP contribution in [-0.4, -0.2) is 47.9 Å². The number of nitrogens with zero attached hydrogens (tertiary/aromatic N) is 2. The number of amides is 2. The van der Waals surface area contributed by atoms with Crippen LogP contribution in [0.15, 0.2) is 72.8 Å². The van der Waals surface area contributed by atoms with Gasteiger partial charge in [-0.25, -0.2) is 0 Å². The summed E-state index contributed by atoms with van der Waals surface area (Å²) in [6, 6.07) is 19.7. The second kappa shape index (κ2) is 14.0. The van der Waals surface area contributed by atoms with E-state index in [4.69, 9.17) is 21.1 Å². The zero-order valence-corrected chi connectivity index (χ0v) is 22.0. The monoisotopic (exact) mass is 539 g/mol. The molecule has 3 aromatic rings. The van der Waals surface area contributed by atoms with Crippen molar-refractivity contribution in [2.45, 2.75) is 32.4 Å². The molecule has 2 amide bonds. The summed E-state index contributed by atoms with van der Waals surface area (Å²) in [6.07, 6.45) is 1.05. The Balaban J connectivity index is 1.90. The van der Waals surface area contributed by atoms with Gasteiger partial charge in [-0.15, -0.1) is 0 Å². The highest BCUT2D eigenvalue weighted by molar-refractivity contribution is 6.30. The number of hydrogen-bond acceptors (Lipinski definition) is 6. The third-order valence-corrected chi connectivity index (χ3v) is 6.01.